The smallest absolute Gasteiger partial charge is 0.315 e. The van der Waals surface area contributed by atoms with Crippen molar-refractivity contribution in [3.05, 3.63) is 0 Å². The Labute approximate surface area is 218 Å². The average molecular weight is 571 g/mol. The van der Waals surface area contributed by atoms with Gasteiger partial charge < -0.3 is 36.8 Å². The second kappa shape index (κ2) is 14.6. The Morgan fingerprint density at radius 1 is 0.829 bits per heavy atom. The standard InChI is InChI=1S/C23H54O8Si4/c1-10-23(19-24,20-25)21-27-14-11-15-33(5,6)30-35(9,16-12-13-26-17-22-18-28-22)31-34(7,8)29-32(2,3)4/h22,24-25H,10-21H2,1-9H3. The molecule has 0 amide bonds. The minimum absolute atomic E-state index is 0.0682. The molecule has 1 aliphatic heterocycles. The Kier molecular flexibility index (Phi) is 14.0. The van der Waals surface area contributed by atoms with E-state index in [0.717, 1.165) is 31.5 Å². The zero-order chi connectivity index (χ0) is 26.8. The molecule has 35 heavy (non-hydrogen) atoms. The van der Waals surface area contributed by atoms with Crippen molar-refractivity contribution < 1.29 is 36.8 Å². The maximum absolute atomic E-state index is 9.61. The summed E-state index contributed by atoms with van der Waals surface area (Å²) < 4.78 is 37.1. The lowest BCUT2D eigenvalue weighted by Crippen LogP contribution is -2.57. The lowest BCUT2D eigenvalue weighted by atomic mass is 9.88. The molecule has 0 aliphatic carbocycles. The van der Waals surface area contributed by atoms with Gasteiger partial charge in [0.15, 0.2) is 16.6 Å². The van der Waals surface area contributed by atoms with E-state index in [4.69, 9.17) is 26.6 Å². The van der Waals surface area contributed by atoms with Crippen molar-refractivity contribution in [3.8, 4) is 0 Å². The minimum atomic E-state index is -2.49. The molecule has 0 aromatic carbocycles. The molecule has 12 heteroatoms. The van der Waals surface area contributed by atoms with Crippen LogP contribution in [0.3, 0.4) is 0 Å². The van der Waals surface area contributed by atoms with E-state index in [9.17, 15) is 10.2 Å². The molecule has 0 saturated carbocycles. The van der Waals surface area contributed by atoms with Crippen LogP contribution in [0.1, 0.15) is 26.2 Å². The summed E-state index contributed by atoms with van der Waals surface area (Å²) in [5.41, 5.74) is -0.553. The zero-order valence-electron chi connectivity index (χ0n) is 23.9. The molecule has 1 aliphatic rings. The molecule has 2 unspecified atom stereocenters. The van der Waals surface area contributed by atoms with Crippen LogP contribution in [0.5, 0.6) is 0 Å². The van der Waals surface area contributed by atoms with E-state index < -0.39 is 39.2 Å². The second-order valence-electron chi connectivity index (χ2n) is 12.2. The van der Waals surface area contributed by atoms with E-state index in [1.807, 2.05) is 6.92 Å². The van der Waals surface area contributed by atoms with Gasteiger partial charge in [-0.1, -0.05) is 6.92 Å². The Bertz CT molecular complexity index is 586. The average Bonchev–Trinajstić information content (AvgIpc) is 3.52. The topological polar surface area (TPSA) is 99.1 Å². The third-order valence-corrected chi connectivity index (χ3v) is 20.9. The molecule has 0 bridgehead atoms. The van der Waals surface area contributed by atoms with Gasteiger partial charge in [0.1, 0.15) is 6.10 Å². The van der Waals surface area contributed by atoms with E-state index in [0.29, 0.717) is 32.8 Å². The predicted octanol–water partition coefficient (Wildman–Crippen LogP) is 4.44. The first-order chi connectivity index (χ1) is 16.1. The van der Waals surface area contributed by atoms with Crippen LogP contribution in [0, 0.1) is 5.41 Å². The Hall–Kier alpha value is 0.548. The van der Waals surface area contributed by atoms with Crippen molar-refractivity contribution >= 4 is 33.8 Å². The van der Waals surface area contributed by atoms with Crippen LogP contribution < -0.4 is 0 Å². The number of hydrogen-bond donors (Lipinski definition) is 2. The molecule has 1 saturated heterocycles. The molecule has 1 heterocycles. The fourth-order valence-corrected chi connectivity index (χ4v) is 23.1. The van der Waals surface area contributed by atoms with Crippen LogP contribution >= 0.6 is 0 Å². The summed E-state index contributed by atoms with van der Waals surface area (Å²) in [5, 5.41) is 19.2. The fourth-order valence-electron chi connectivity index (χ4n) is 4.27. The quantitative estimate of drug-likeness (QED) is 0.119. The number of aliphatic hydroxyl groups is 2. The summed E-state index contributed by atoms with van der Waals surface area (Å²) in [7, 11) is -8.59. The highest BCUT2D eigenvalue weighted by molar-refractivity contribution is 6.89. The summed E-state index contributed by atoms with van der Waals surface area (Å²) in [6.45, 7) is 22.6. The zero-order valence-corrected chi connectivity index (χ0v) is 27.9. The first-order valence-electron chi connectivity index (χ1n) is 13.2. The van der Waals surface area contributed by atoms with Crippen molar-refractivity contribution in [1.29, 1.82) is 0 Å². The summed E-state index contributed by atoms with van der Waals surface area (Å²) in [4.78, 5) is 0. The van der Waals surface area contributed by atoms with E-state index in [1.54, 1.807) is 0 Å². The van der Waals surface area contributed by atoms with Gasteiger partial charge in [0, 0.05) is 18.6 Å². The number of hydrogen-bond acceptors (Lipinski definition) is 8. The summed E-state index contributed by atoms with van der Waals surface area (Å²) in [6.07, 6.45) is 2.76. The maximum Gasteiger partial charge on any atom is 0.315 e. The van der Waals surface area contributed by atoms with Crippen molar-refractivity contribution in [2.24, 2.45) is 5.41 Å². The van der Waals surface area contributed by atoms with E-state index in [2.05, 4.69) is 52.4 Å². The van der Waals surface area contributed by atoms with Gasteiger partial charge in [0.25, 0.3) is 0 Å². The van der Waals surface area contributed by atoms with E-state index >= 15 is 0 Å². The summed E-state index contributed by atoms with van der Waals surface area (Å²) >= 11 is 0. The van der Waals surface area contributed by atoms with Gasteiger partial charge in [-0.15, -0.1) is 0 Å². The van der Waals surface area contributed by atoms with Crippen LogP contribution in [-0.4, -0.2) is 96.3 Å². The number of rotatable bonds is 21. The molecule has 1 rings (SSSR count). The van der Waals surface area contributed by atoms with Crippen molar-refractivity contribution in [1.82, 2.24) is 0 Å². The molecule has 2 N–H and O–H groups in total. The molecule has 8 nitrogen and oxygen atoms in total. The predicted molar refractivity (Wildman–Crippen MR) is 150 cm³/mol. The van der Waals surface area contributed by atoms with Gasteiger partial charge in [-0.05, 0) is 83.7 Å². The number of aliphatic hydroxyl groups excluding tert-OH is 2. The van der Waals surface area contributed by atoms with Gasteiger partial charge in [0.05, 0.1) is 33.0 Å². The normalized spacial score (nSPS) is 19.1. The van der Waals surface area contributed by atoms with Crippen LogP contribution in [0.2, 0.25) is 64.5 Å². The minimum Gasteiger partial charge on any atom is -0.437 e. The Morgan fingerprint density at radius 2 is 1.40 bits per heavy atom. The molecule has 0 spiro atoms. The highest BCUT2D eigenvalue weighted by atomic mass is 28.5. The monoisotopic (exact) mass is 570 g/mol. The molecule has 210 valence electrons. The maximum atomic E-state index is 9.61. The first kappa shape index (κ1) is 33.6. The fraction of sp³-hybridized carbons (Fsp3) is 1.00. The first-order valence-corrected chi connectivity index (χ1v) is 25.0. The second-order valence-corrected chi connectivity index (χ2v) is 28.4. The highest BCUT2D eigenvalue weighted by Gasteiger charge is 2.45. The Balaban J connectivity index is 2.66. The summed E-state index contributed by atoms with van der Waals surface area (Å²) in [5.74, 6) is 0. The van der Waals surface area contributed by atoms with Gasteiger partial charge in [0.2, 0.25) is 0 Å². The van der Waals surface area contributed by atoms with Crippen molar-refractivity contribution in [3.63, 3.8) is 0 Å². The van der Waals surface area contributed by atoms with Crippen LogP contribution in [0.25, 0.3) is 0 Å². The molecule has 0 aromatic rings. The third kappa shape index (κ3) is 14.9. The largest absolute Gasteiger partial charge is 0.437 e. The molecule has 2 atom stereocenters. The molecule has 0 aromatic heterocycles. The van der Waals surface area contributed by atoms with Gasteiger partial charge in [-0.2, -0.15) is 0 Å². The molecular weight excluding hydrogens is 517 g/mol. The van der Waals surface area contributed by atoms with Crippen LogP contribution in [0.15, 0.2) is 0 Å². The molecule has 1 fully saturated rings. The lowest BCUT2D eigenvalue weighted by molar-refractivity contribution is -0.0297. The number of ether oxygens (including phenoxy) is 3. The molecule has 0 radical (unpaired) electrons. The van der Waals surface area contributed by atoms with Crippen LogP contribution in [-0.2, 0) is 26.6 Å². The van der Waals surface area contributed by atoms with Crippen molar-refractivity contribution in [2.45, 2.75) is 96.8 Å². The van der Waals surface area contributed by atoms with Crippen molar-refractivity contribution in [2.75, 3.05) is 46.2 Å². The van der Waals surface area contributed by atoms with E-state index in [1.165, 1.54) is 0 Å². The van der Waals surface area contributed by atoms with Gasteiger partial charge in [-0.3, -0.25) is 0 Å². The van der Waals surface area contributed by atoms with E-state index in [-0.39, 0.29) is 19.3 Å². The van der Waals surface area contributed by atoms with Gasteiger partial charge >= 0.3 is 17.1 Å². The third-order valence-electron chi connectivity index (χ3n) is 6.03. The highest BCUT2D eigenvalue weighted by Crippen LogP contribution is 2.30. The van der Waals surface area contributed by atoms with Crippen LogP contribution in [0.4, 0.5) is 0 Å². The SMILES string of the molecule is CCC(CO)(CO)COCCC[Si](C)(C)O[Si](C)(CCCOCC1CO1)O[Si](C)(C)O[Si](C)(C)C. The molecular formula is C23H54O8Si4. The Morgan fingerprint density at radius 3 is 1.91 bits per heavy atom. The number of epoxide rings is 1. The summed E-state index contributed by atoms with van der Waals surface area (Å²) in [6, 6.07) is 1.84. The lowest BCUT2D eigenvalue weighted by Gasteiger charge is -2.42. The van der Waals surface area contributed by atoms with Gasteiger partial charge in [-0.25, -0.2) is 0 Å².